The number of halogens is 2. The number of nitrogens with one attached hydrogen (secondary N) is 1. The average molecular weight is 460 g/mol. The highest BCUT2D eigenvalue weighted by molar-refractivity contribution is 5.90. The van der Waals surface area contributed by atoms with Gasteiger partial charge in [0.1, 0.15) is 0 Å². The van der Waals surface area contributed by atoms with Crippen molar-refractivity contribution in [2.45, 2.75) is 30.8 Å². The minimum absolute atomic E-state index is 0.0574. The van der Waals surface area contributed by atoms with Crippen molar-refractivity contribution in [2.24, 2.45) is 5.73 Å². The Morgan fingerprint density at radius 1 is 1.03 bits per heavy atom. The first-order chi connectivity index (χ1) is 15.6. The second-order valence-electron chi connectivity index (χ2n) is 7.43. The van der Waals surface area contributed by atoms with Gasteiger partial charge in [-0.3, -0.25) is 4.79 Å². The second kappa shape index (κ2) is 9.78. The fraction of sp³-hybridized carbons (Fsp3) is 0.261. The second-order valence-corrected chi connectivity index (χ2v) is 7.43. The molecule has 0 radical (unpaired) electrons. The molecular weight excluding hydrogens is 438 g/mol. The van der Waals surface area contributed by atoms with Crippen LogP contribution in [0.5, 0.6) is 0 Å². The fourth-order valence-corrected chi connectivity index (χ4v) is 3.23. The van der Waals surface area contributed by atoms with E-state index in [0.717, 1.165) is 19.2 Å². The van der Waals surface area contributed by atoms with E-state index in [2.05, 4.69) is 5.32 Å². The van der Waals surface area contributed by atoms with Gasteiger partial charge in [-0.15, -0.1) is 0 Å². The molecule has 1 fully saturated rings. The molecule has 0 spiro atoms. The zero-order chi connectivity index (χ0) is 24.1. The van der Waals surface area contributed by atoms with Crippen molar-refractivity contribution >= 4 is 17.8 Å². The molecular formula is C23H22F2N2O6. The first-order valence-corrected chi connectivity index (χ1v) is 9.89. The van der Waals surface area contributed by atoms with Gasteiger partial charge in [0.05, 0.1) is 11.1 Å². The van der Waals surface area contributed by atoms with Crippen LogP contribution in [0.25, 0.3) is 0 Å². The van der Waals surface area contributed by atoms with E-state index in [1.807, 2.05) is 0 Å². The van der Waals surface area contributed by atoms with E-state index in [9.17, 15) is 14.4 Å². The maximum absolute atomic E-state index is 15.9. The number of ether oxygens (including phenoxy) is 3. The third kappa shape index (κ3) is 5.53. The molecule has 1 amide bonds. The van der Waals surface area contributed by atoms with Gasteiger partial charge >= 0.3 is 11.9 Å². The van der Waals surface area contributed by atoms with Crippen molar-refractivity contribution in [3.05, 3.63) is 84.1 Å². The number of carbonyl (C=O) groups excluding carboxylic acids is 3. The zero-order valence-electron chi connectivity index (χ0n) is 17.6. The van der Waals surface area contributed by atoms with Crippen molar-refractivity contribution < 1.29 is 37.4 Å². The summed E-state index contributed by atoms with van der Waals surface area (Å²) in [7, 11) is 0. The van der Waals surface area contributed by atoms with E-state index in [1.54, 1.807) is 36.4 Å². The van der Waals surface area contributed by atoms with Crippen LogP contribution in [-0.4, -0.2) is 48.3 Å². The van der Waals surface area contributed by atoms with Crippen molar-refractivity contribution in [3.8, 4) is 0 Å². The lowest BCUT2D eigenvalue weighted by atomic mass is 9.96. The van der Waals surface area contributed by atoms with E-state index < -0.39 is 48.3 Å². The minimum atomic E-state index is -3.05. The Morgan fingerprint density at radius 2 is 1.58 bits per heavy atom. The third-order valence-corrected chi connectivity index (χ3v) is 4.87. The van der Waals surface area contributed by atoms with E-state index >= 15 is 8.78 Å². The lowest BCUT2D eigenvalue weighted by molar-refractivity contribution is -0.199. The Hall–Kier alpha value is -3.79. The third-order valence-electron chi connectivity index (χ3n) is 4.87. The Kier molecular flexibility index (Phi) is 7.07. The van der Waals surface area contributed by atoms with Crippen LogP contribution in [0, 0.1) is 0 Å². The summed E-state index contributed by atoms with van der Waals surface area (Å²) < 4.78 is 46.9. The predicted molar refractivity (Wildman–Crippen MR) is 112 cm³/mol. The molecule has 0 saturated carbocycles. The Morgan fingerprint density at radius 3 is 2.12 bits per heavy atom. The summed E-state index contributed by atoms with van der Waals surface area (Å²) in [6.07, 6.45) is -1.98. The fourth-order valence-electron chi connectivity index (χ4n) is 3.23. The molecule has 4 atom stereocenters. The van der Waals surface area contributed by atoms with Crippen LogP contribution in [-0.2, 0) is 19.0 Å². The number of hydrogen-bond donors (Lipinski definition) is 2. The van der Waals surface area contributed by atoms with E-state index in [-0.39, 0.29) is 11.1 Å². The Balaban J connectivity index is 1.83. The number of benzene rings is 2. The smallest absolute Gasteiger partial charge is 0.338 e. The summed E-state index contributed by atoms with van der Waals surface area (Å²) in [6.45, 7) is -0.114. The molecule has 1 unspecified atom stereocenters. The maximum Gasteiger partial charge on any atom is 0.338 e. The first kappa shape index (κ1) is 23.9. The molecule has 2 aromatic rings. The van der Waals surface area contributed by atoms with Crippen LogP contribution in [0.4, 0.5) is 8.78 Å². The molecule has 33 heavy (non-hydrogen) atoms. The Bertz CT molecular complexity index is 1030. The molecule has 10 heteroatoms. The Labute approximate surface area is 188 Å². The molecule has 8 nitrogen and oxygen atoms in total. The minimum Gasteiger partial charge on any atom is -0.456 e. The van der Waals surface area contributed by atoms with E-state index in [4.69, 9.17) is 19.9 Å². The van der Waals surface area contributed by atoms with E-state index in [1.165, 1.54) is 24.3 Å². The number of rotatable bonds is 8. The van der Waals surface area contributed by atoms with Crippen LogP contribution in [0.3, 0.4) is 0 Å². The maximum atomic E-state index is 15.9. The molecule has 1 heterocycles. The number of hydrogen-bond acceptors (Lipinski definition) is 7. The molecule has 0 aromatic heterocycles. The number of carbonyl (C=O) groups is 3. The summed E-state index contributed by atoms with van der Waals surface area (Å²) in [6, 6.07) is 15.3. The summed E-state index contributed by atoms with van der Waals surface area (Å²) in [5.41, 5.74) is 2.55. The summed E-state index contributed by atoms with van der Waals surface area (Å²) in [5, 5.41) is 2.37. The molecule has 2 aromatic carbocycles. The molecule has 0 bridgehead atoms. The van der Waals surface area contributed by atoms with Gasteiger partial charge in [0, 0.05) is 12.3 Å². The molecule has 174 valence electrons. The largest absolute Gasteiger partial charge is 0.456 e. The number of esters is 2. The highest BCUT2D eigenvalue weighted by atomic mass is 19.2. The van der Waals surface area contributed by atoms with Gasteiger partial charge in [0.25, 0.3) is 5.85 Å². The summed E-state index contributed by atoms with van der Waals surface area (Å²) >= 11 is 0. The molecule has 1 aliphatic heterocycles. The van der Waals surface area contributed by atoms with Crippen molar-refractivity contribution in [1.82, 2.24) is 5.32 Å². The van der Waals surface area contributed by atoms with Crippen LogP contribution in [0.15, 0.2) is 72.9 Å². The molecule has 0 aliphatic carbocycles. The average Bonchev–Trinajstić information content (AvgIpc) is 2.99. The molecule has 3 N–H and O–H groups in total. The van der Waals surface area contributed by atoms with Gasteiger partial charge in [-0.2, -0.15) is 0 Å². The molecule has 3 rings (SSSR count). The van der Waals surface area contributed by atoms with Crippen LogP contribution in [0.2, 0.25) is 0 Å². The van der Waals surface area contributed by atoms with Gasteiger partial charge in [0.2, 0.25) is 12.0 Å². The number of primary amides is 1. The van der Waals surface area contributed by atoms with Gasteiger partial charge in [-0.05, 0) is 31.2 Å². The molecule has 1 aliphatic rings. The summed E-state index contributed by atoms with van der Waals surface area (Å²) in [4.78, 5) is 35.7. The standard InChI is InChI=1S/C23H22F2N2O6/c1-22(24)20(32-19(30)16-10-6-3-7-11-16)23(25,33-21(22)27-13-12-17(26)28)14-31-18(29)15-8-4-2-5-9-15/h2-13,20-21,27H,14H2,1H3,(H2,26,28)/b13-12-/t20?,21-,22-,23-/m1/s1. The van der Waals surface area contributed by atoms with E-state index in [0.29, 0.717) is 0 Å². The van der Waals surface area contributed by atoms with Gasteiger partial charge in [0.15, 0.2) is 18.5 Å². The van der Waals surface area contributed by atoms with Crippen LogP contribution in [0.1, 0.15) is 27.6 Å². The topological polar surface area (TPSA) is 117 Å². The van der Waals surface area contributed by atoms with Gasteiger partial charge in [-0.25, -0.2) is 18.4 Å². The SMILES string of the molecule is C[C@@]1(F)C(OC(=O)c2ccccc2)[C@@](F)(COC(=O)c2ccccc2)O[C@H]1N/C=C\C(N)=O. The first-order valence-electron chi connectivity index (χ1n) is 9.89. The zero-order valence-corrected chi connectivity index (χ0v) is 17.6. The highest BCUT2D eigenvalue weighted by Crippen LogP contribution is 2.44. The number of alkyl halides is 2. The van der Waals surface area contributed by atoms with Crippen LogP contribution >= 0.6 is 0 Å². The van der Waals surface area contributed by atoms with Crippen molar-refractivity contribution in [2.75, 3.05) is 6.61 Å². The van der Waals surface area contributed by atoms with Gasteiger partial charge < -0.3 is 25.3 Å². The number of nitrogens with two attached hydrogens (primary N) is 1. The highest BCUT2D eigenvalue weighted by Gasteiger charge is 2.67. The lowest BCUT2D eigenvalue weighted by Crippen LogP contribution is -2.51. The van der Waals surface area contributed by atoms with Crippen molar-refractivity contribution in [3.63, 3.8) is 0 Å². The summed E-state index contributed by atoms with van der Waals surface area (Å²) in [5.74, 6) is -5.76. The number of amides is 1. The van der Waals surface area contributed by atoms with Crippen molar-refractivity contribution in [1.29, 1.82) is 0 Å². The molecule has 1 saturated heterocycles. The predicted octanol–water partition coefficient (Wildman–Crippen LogP) is 2.41. The monoisotopic (exact) mass is 460 g/mol. The quantitative estimate of drug-likeness (QED) is 0.459. The van der Waals surface area contributed by atoms with Gasteiger partial charge in [-0.1, -0.05) is 36.4 Å². The van der Waals surface area contributed by atoms with Crippen LogP contribution < -0.4 is 11.1 Å². The normalized spacial score (nSPS) is 26.6. The lowest BCUT2D eigenvalue weighted by Gasteiger charge is -2.29.